The van der Waals surface area contributed by atoms with Crippen LogP contribution in [0.25, 0.3) is 0 Å². The topological polar surface area (TPSA) is 0 Å². The molecule has 0 unspecified atom stereocenters. The molecule has 0 aromatic heterocycles. The number of halogens is 2. The van der Waals surface area contributed by atoms with Crippen LogP contribution in [0.3, 0.4) is 0 Å². The van der Waals surface area contributed by atoms with E-state index in [0.717, 1.165) is 0 Å². The van der Waals surface area contributed by atoms with E-state index in [1.165, 1.54) is 11.1 Å². The van der Waals surface area contributed by atoms with E-state index in [0.29, 0.717) is 11.3 Å². The molecule has 1 rings (SSSR count). The van der Waals surface area contributed by atoms with Crippen LogP contribution in [0.15, 0.2) is 18.2 Å². The van der Waals surface area contributed by atoms with Gasteiger partial charge in [-0.1, -0.05) is 40.0 Å². The molecule has 0 saturated carbocycles. The van der Waals surface area contributed by atoms with Crippen molar-refractivity contribution in [2.24, 2.45) is 0 Å². The third-order valence-corrected chi connectivity index (χ3v) is 2.31. The SMILES string of the molecule is CC(C)c1cc(C(C)(C)C)c[cH-]1.[Cl-].[Cl-].[Zr+3]. The molecule has 0 fully saturated rings. The summed E-state index contributed by atoms with van der Waals surface area (Å²) in [4.78, 5) is 0. The van der Waals surface area contributed by atoms with Gasteiger partial charge in [-0.2, -0.15) is 23.3 Å². The maximum atomic E-state index is 2.32. The molecular formula is C12H19Cl2Zr. The van der Waals surface area contributed by atoms with E-state index in [1.54, 1.807) is 0 Å². The Morgan fingerprint density at radius 1 is 1.13 bits per heavy atom. The second-order valence-corrected chi connectivity index (χ2v) is 4.84. The molecule has 0 amide bonds. The molecule has 0 nitrogen and oxygen atoms in total. The van der Waals surface area contributed by atoms with Crippen molar-refractivity contribution in [2.45, 2.75) is 46.0 Å². The van der Waals surface area contributed by atoms with Crippen molar-refractivity contribution >= 4 is 0 Å². The average Bonchev–Trinajstić information content (AvgIpc) is 2.30. The first-order chi connectivity index (χ1) is 5.41. The predicted octanol–water partition coefficient (Wildman–Crippen LogP) is -2.17. The van der Waals surface area contributed by atoms with Gasteiger partial charge in [0.1, 0.15) is 0 Å². The number of hydrogen-bond acceptors (Lipinski definition) is 0. The zero-order valence-electron chi connectivity index (χ0n) is 10.1. The Morgan fingerprint density at radius 3 is 1.80 bits per heavy atom. The summed E-state index contributed by atoms with van der Waals surface area (Å²) in [7, 11) is 0. The summed E-state index contributed by atoms with van der Waals surface area (Å²) in [5, 5.41) is 0. The Hall–Kier alpha value is 0.813. The van der Waals surface area contributed by atoms with E-state index < -0.39 is 0 Å². The molecule has 0 aliphatic carbocycles. The minimum absolute atomic E-state index is 0. The van der Waals surface area contributed by atoms with Gasteiger partial charge in [-0.25, -0.2) is 6.07 Å². The zero-order chi connectivity index (χ0) is 9.35. The minimum atomic E-state index is 0. The molecule has 0 aliphatic rings. The van der Waals surface area contributed by atoms with Gasteiger partial charge in [-0.05, 0) is 5.92 Å². The fourth-order valence-corrected chi connectivity index (χ4v) is 1.29. The smallest absolute Gasteiger partial charge is 1.00 e. The first kappa shape index (κ1) is 21.1. The standard InChI is InChI=1S/C12H19.2ClH.Zr/c1-9(2)10-6-7-11(8-10)12(3,4)5;;;/h6-9H,1-5H3;2*1H;/q-1;;;+3/p-2. The van der Waals surface area contributed by atoms with Crippen molar-refractivity contribution < 1.29 is 51.0 Å². The van der Waals surface area contributed by atoms with Gasteiger partial charge in [-0.15, -0.1) is 0 Å². The van der Waals surface area contributed by atoms with E-state index in [2.05, 4.69) is 52.8 Å². The molecule has 1 aromatic carbocycles. The molecule has 3 heteroatoms. The molecule has 85 valence electrons. The molecule has 0 saturated heterocycles. The van der Waals surface area contributed by atoms with Gasteiger partial charge in [0.15, 0.2) is 0 Å². The van der Waals surface area contributed by atoms with Crippen LogP contribution in [0, 0.1) is 0 Å². The van der Waals surface area contributed by atoms with Crippen LogP contribution in [0.1, 0.15) is 51.7 Å². The molecule has 0 atom stereocenters. The summed E-state index contributed by atoms with van der Waals surface area (Å²) >= 11 is 0. The first-order valence-corrected chi connectivity index (χ1v) is 4.68. The Kier molecular flexibility index (Phi) is 11.3. The van der Waals surface area contributed by atoms with Crippen molar-refractivity contribution in [1.82, 2.24) is 0 Å². The summed E-state index contributed by atoms with van der Waals surface area (Å²) in [6.45, 7) is 11.2. The van der Waals surface area contributed by atoms with E-state index in [1.807, 2.05) is 0 Å². The number of hydrogen-bond donors (Lipinski definition) is 0. The van der Waals surface area contributed by atoms with Crippen molar-refractivity contribution in [2.75, 3.05) is 0 Å². The Labute approximate surface area is 126 Å². The van der Waals surface area contributed by atoms with Gasteiger partial charge < -0.3 is 24.8 Å². The fraction of sp³-hybridized carbons (Fsp3) is 0.583. The summed E-state index contributed by atoms with van der Waals surface area (Å²) < 4.78 is 0. The maximum Gasteiger partial charge on any atom is 3.00 e. The summed E-state index contributed by atoms with van der Waals surface area (Å²) in [6, 6.07) is 6.81. The average molecular weight is 325 g/mol. The van der Waals surface area contributed by atoms with E-state index >= 15 is 0 Å². The summed E-state index contributed by atoms with van der Waals surface area (Å²) in [5.41, 5.74) is 3.21. The third-order valence-electron chi connectivity index (χ3n) is 2.31. The second kappa shape index (κ2) is 7.99. The summed E-state index contributed by atoms with van der Waals surface area (Å²) in [6.07, 6.45) is 0. The van der Waals surface area contributed by atoms with Crippen molar-refractivity contribution in [1.29, 1.82) is 0 Å². The molecule has 0 heterocycles. The summed E-state index contributed by atoms with van der Waals surface area (Å²) in [5.74, 6) is 0.654. The normalized spacial score (nSPS) is 10.0. The van der Waals surface area contributed by atoms with Gasteiger partial charge in [-0.3, -0.25) is 0 Å². The molecule has 1 aromatic rings. The Morgan fingerprint density at radius 2 is 1.60 bits per heavy atom. The van der Waals surface area contributed by atoms with Crippen LogP contribution in [0.4, 0.5) is 0 Å². The maximum absolute atomic E-state index is 2.32. The van der Waals surface area contributed by atoms with Gasteiger partial charge in [0.05, 0.1) is 0 Å². The number of rotatable bonds is 1. The molecule has 15 heavy (non-hydrogen) atoms. The largest absolute Gasteiger partial charge is 3.00 e. The molecular weight excluding hydrogens is 306 g/mol. The van der Waals surface area contributed by atoms with Crippen LogP contribution < -0.4 is 24.8 Å². The first-order valence-electron chi connectivity index (χ1n) is 4.68. The Balaban J connectivity index is -0.000000480. The monoisotopic (exact) mass is 323 g/mol. The van der Waals surface area contributed by atoms with Crippen LogP contribution in [0.2, 0.25) is 0 Å². The zero-order valence-corrected chi connectivity index (χ0v) is 14.0. The van der Waals surface area contributed by atoms with Gasteiger partial charge >= 0.3 is 26.2 Å². The van der Waals surface area contributed by atoms with Crippen molar-refractivity contribution in [3.63, 3.8) is 0 Å². The Bertz CT molecular complexity index is 259. The predicted molar refractivity (Wildman–Crippen MR) is 54.8 cm³/mol. The molecule has 0 aliphatic heterocycles. The third kappa shape index (κ3) is 6.20. The van der Waals surface area contributed by atoms with Gasteiger partial charge in [0.25, 0.3) is 0 Å². The van der Waals surface area contributed by atoms with Crippen LogP contribution in [-0.2, 0) is 31.6 Å². The minimum Gasteiger partial charge on any atom is -1.00 e. The van der Waals surface area contributed by atoms with E-state index in [-0.39, 0.29) is 51.0 Å². The van der Waals surface area contributed by atoms with E-state index in [4.69, 9.17) is 0 Å². The molecule has 1 radical (unpaired) electrons. The molecule has 0 N–H and O–H groups in total. The molecule has 0 spiro atoms. The van der Waals surface area contributed by atoms with Crippen LogP contribution in [-0.4, -0.2) is 0 Å². The van der Waals surface area contributed by atoms with Gasteiger partial charge in [0.2, 0.25) is 0 Å². The fourth-order valence-electron chi connectivity index (χ4n) is 1.29. The molecule has 0 bridgehead atoms. The van der Waals surface area contributed by atoms with Crippen LogP contribution >= 0.6 is 0 Å². The van der Waals surface area contributed by atoms with Crippen LogP contribution in [0.5, 0.6) is 0 Å². The second-order valence-electron chi connectivity index (χ2n) is 4.84. The van der Waals surface area contributed by atoms with E-state index in [9.17, 15) is 0 Å². The quantitative estimate of drug-likeness (QED) is 0.516. The van der Waals surface area contributed by atoms with Crippen molar-refractivity contribution in [3.8, 4) is 0 Å². The van der Waals surface area contributed by atoms with Crippen molar-refractivity contribution in [3.05, 3.63) is 29.3 Å². The van der Waals surface area contributed by atoms with Gasteiger partial charge in [0, 0.05) is 0 Å².